The van der Waals surface area contributed by atoms with Crippen LogP contribution >= 0.6 is 11.6 Å². The van der Waals surface area contributed by atoms with E-state index in [1.165, 1.54) is 48.7 Å². The van der Waals surface area contributed by atoms with E-state index in [4.69, 9.17) is 26.0 Å². The van der Waals surface area contributed by atoms with E-state index in [1.807, 2.05) is 12.1 Å². The van der Waals surface area contributed by atoms with Gasteiger partial charge in [0.25, 0.3) is 0 Å². The van der Waals surface area contributed by atoms with Gasteiger partial charge < -0.3 is 24.2 Å². The molecule has 2 saturated carbocycles. The standard InChI is InChI=1S/C20H15ClF3NO4.C10H10O.CH4O/c21-12-4-3-5-13(10-12)27-19(26)16-17(25-29-18(16)11-8-9-11)14-6-1-2-7-15(14)28-20(22,23)24;11-7-8-1-3-9(4-2-8)10-5-6-10;1-2/h1-7,10-11,19,26H,8-9H2;1-4,7,10H,5-6H2;2H,1H3. The predicted molar refractivity (Wildman–Crippen MR) is 150 cm³/mol. The number of para-hydroxylation sites is 1. The molecule has 0 spiro atoms. The average molecular weight is 604 g/mol. The van der Waals surface area contributed by atoms with Crippen molar-refractivity contribution in [3.05, 3.63) is 100 Å². The first kappa shape index (κ1) is 31.1. The summed E-state index contributed by atoms with van der Waals surface area (Å²) in [4.78, 5) is 10.3. The fourth-order valence-electron chi connectivity index (χ4n) is 4.25. The summed E-state index contributed by atoms with van der Waals surface area (Å²) < 4.78 is 53.5. The number of aromatic nitrogens is 1. The summed E-state index contributed by atoms with van der Waals surface area (Å²) in [5, 5.41) is 22.1. The second kappa shape index (κ2) is 13.9. The molecule has 1 heterocycles. The summed E-state index contributed by atoms with van der Waals surface area (Å²) in [6.07, 6.45) is -1.23. The molecule has 0 radical (unpaired) electrons. The molecule has 0 bridgehead atoms. The Morgan fingerprint density at radius 3 is 2.24 bits per heavy atom. The van der Waals surface area contributed by atoms with Crippen molar-refractivity contribution in [3.63, 3.8) is 0 Å². The van der Waals surface area contributed by atoms with Crippen LogP contribution in [0.2, 0.25) is 5.02 Å². The van der Waals surface area contributed by atoms with E-state index in [-0.39, 0.29) is 22.7 Å². The Hall–Kier alpha value is -3.86. The highest BCUT2D eigenvalue weighted by Crippen LogP contribution is 2.47. The molecule has 2 aliphatic rings. The first-order valence-electron chi connectivity index (χ1n) is 13.2. The Bertz CT molecular complexity index is 1470. The van der Waals surface area contributed by atoms with Crippen LogP contribution in [0.25, 0.3) is 11.3 Å². The van der Waals surface area contributed by atoms with E-state index >= 15 is 0 Å². The zero-order valence-corrected chi connectivity index (χ0v) is 23.3. The summed E-state index contributed by atoms with van der Waals surface area (Å²) in [6.45, 7) is 0. The molecule has 0 saturated heterocycles. The van der Waals surface area contributed by atoms with E-state index in [0.29, 0.717) is 16.5 Å². The van der Waals surface area contributed by atoms with Gasteiger partial charge in [0.1, 0.15) is 29.2 Å². The van der Waals surface area contributed by atoms with Crippen molar-refractivity contribution in [1.82, 2.24) is 5.16 Å². The van der Waals surface area contributed by atoms with Crippen LogP contribution in [0.4, 0.5) is 13.2 Å². The maximum absolute atomic E-state index is 12.8. The first-order valence-corrected chi connectivity index (χ1v) is 13.5. The second-order valence-electron chi connectivity index (χ2n) is 9.61. The first-order chi connectivity index (χ1) is 20.2. The van der Waals surface area contributed by atoms with Crippen molar-refractivity contribution in [1.29, 1.82) is 0 Å². The zero-order chi connectivity index (χ0) is 30.3. The van der Waals surface area contributed by atoms with E-state index < -0.39 is 18.4 Å². The van der Waals surface area contributed by atoms with Gasteiger partial charge in [-0.15, -0.1) is 13.2 Å². The van der Waals surface area contributed by atoms with Crippen LogP contribution in [0.15, 0.2) is 77.3 Å². The molecule has 1 aromatic heterocycles. The molecule has 2 N–H and O–H groups in total. The normalized spacial score (nSPS) is 14.9. The van der Waals surface area contributed by atoms with Crippen molar-refractivity contribution >= 4 is 17.9 Å². The molecule has 2 fully saturated rings. The lowest BCUT2D eigenvalue weighted by molar-refractivity contribution is -0.274. The van der Waals surface area contributed by atoms with Crippen molar-refractivity contribution in [3.8, 4) is 22.8 Å². The van der Waals surface area contributed by atoms with Gasteiger partial charge in [-0.25, -0.2) is 0 Å². The van der Waals surface area contributed by atoms with Crippen LogP contribution in [-0.4, -0.2) is 35.1 Å². The molecule has 0 amide bonds. The molecule has 222 valence electrons. The van der Waals surface area contributed by atoms with E-state index in [2.05, 4.69) is 22.0 Å². The number of carbonyl (C=O) groups is 1. The van der Waals surface area contributed by atoms with Gasteiger partial charge in [0.05, 0.1) is 5.56 Å². The van der Waals surface area contributed by atoms with Crippen LogP contribution in [0.3, 0.4) is 0 Å². The fourth-order valence-corrected chi connectivity index (χ4v) is 4.43. The van der Waals surface area contributed by atoms with Gasteiger partial charge in [0, 0.05) is 29.2 Å². The molecule has 11 heteroatoms. The summed E-state index contributed by atoms with van der Waals surface area (Å²) >= 11 is 5.94. The van der Waals surface area contributed by atoms with E-state index in [9.17, 15) is 23.1 Å². The molecular weight excluding hydrogens is 575 g/mol. The van der Waals surface area contributed by atoms with E-state index in [1.54, 1.807) is 18.2 Å². The summed E-state index contributed by atoms with van der Waals surface area (Å²) in [6, 6.07) is 19.8. The van der Waals surface area contributed by atoms with Gasteiger partial charge in [0.2, 0.25) is 6.29 Å². The largest absolute Gasteiger partial charge is 0.573 e. The number of halogens is 4. The smallest absolute Gasteiger partial charge is 0.461 e. The number of benzene rings is 3. The van der Waals surface area contributed by atoms with Gasteiger partial charge >= 0.3 is 6.36 Å². The molecule has 6 rings (SSSR count). The van der Waals surface area contributed by atoms with Gasteiger partial charge in [-0.3, -0.25) is 4.79 Å². The quantitative estimate of drug-likeness (QED) is 0.156. The van der Waals surface area contributed by atoms with Crippen LogP contribution in [0.5, 0.6) is 11.5 Å². The van der Waals surface area contributed by atoms with Crippen molar-refractivity contribution in [2.24, 2.45) is 0 Å². The fraction of sp³-hybridized carbons (Fsp3) is 0.290. The number of rotatable bonds is 8. The Labute approximate surface area is 245 Å². The predicted octanol–water partition coefficient (Wildman–Crippen LogP) is 7.83. The molecule has 0 aliphatic heterocycles. The van der Waals surface area contributed by atoms with Crippen LogP contribution < -0.4 is 9.47 Å². The number of carbonyl (C=O) groups excluding carboxylic acids is 1. The summed E-state index contributed by atoms with van der Waals surface area (Å²) in [5.41, 5.74) is 2.39. The lowest BCUT2D eigenvalue weighted by Crippen LogP contribution is -2.18. The van der Waals surface area contributed by atoms with Crippen LogP contribution in [0, 0.1) is 0 Å². The zero-order valence-electron chi connectivity index (χ0n) is 22.6. The molecule has 4 aromatic rings. The lowest BCUT2D eigenvalue weighted by Gasteiger charge is -2.16. The number of alkyl halides is 3. The Morgan fingerprint density at radius 1 is 0.976 bits per heavy atom. The highest BCUT2D eigenvalue weighted by molar-refractivity contribution is 6.30. The van der Waals surface area contributed by atoms with Crippen molar-refractivity contribution in [2.45, 2.75) is 50.2 Å². The lowest BCUT2D eigenvalue weighted by atomic mass is 10.0. The van der Waals surface area contributed by atoms with Gasteiger partial charge in [-0.05, 0) is 67.5 Å². The van der Waals surface area contributed by atoms with Gasteiger partial charge in [-0.2, -0.15) is 0 Å². The van der Waals surface area contributed by atoms with Crippen molar-refractivity contribution < 1.29 is 42.2 Å². The summed E-state index contributed by atoms with van der Waals surface area (Å²) in [7, 11) is 1.00. The number of hydrogen-bond donors (Lipinski definition) is 2. The number of aliphatic hydroxyl groups is 2. The Morgan fingerprint density at radius 2 is 1.64 bits per heavy atom. The summed E-state index contributed by atoms with van der Waals surface area (Å²) in [5.74, 6) is 1.04. The van der Waals surface area contributed by atoms with Gasteiger partial charge in [0.15, 0.2) is 0 Å². The second-order valence-corrected chi connectivity index (χ2v) is 10.1. The maximum Gasteiger partial charge on any atom is 0.573 e. The third-order valence-electron chi connectivity index (χ3n) is 6.48. The Kier molecular flexibility index (Phi) is 10.3. The minimum Gasteiger partial charge on any atom is -0.461 e. The molecular formula is C31H29ClF3NO6. The average Bonchev–Trinajstić information content (AvgIpc) is 3.92. The molecule has 1 atom stereocenters. The van der Waals surface area contributed by atoms with Crippen molar-refractivity contribution in [2.75, 3.05) is 7.11 Å². The minimum absolute atomic E-state index is 0.0274. The highest BCUT2D eigenvalue weighted by Gasteiger charge is 2.38. The number of ether oxygens (including phenoxy) is 2. The third-order valence-corrected chi connectivity index (χ3v) is 6.72. The van der Waals surface area contributed by atoms with E-state index in [0.717, 1.165) is 37.7 Å². The van der Waals surface area contributed by atoms with Crippen LogP contribution in [-0.2, 0) is 0 Å². The number of hydrogen-bond acceptors (Lipinski definition) is 7. The van der Waals surface area contributed by atoms with Gasteiger partial charge in [-0.1, -0.05) is 59.2 Å². The number of nitrogens with zero attached hydrogens (tertiary/aromatic N) is 1. The molecule has 1 unspecified atom stereocenters. The Balaban J connectivity index is 0.000000259. The SMILES string of the molecule is CO.O=Cc1ccc(C2CC2)cc1.OC(Oc1cccc(Cl)c1)c1c(-c2ccccc2OC(F)(F)F)noc1C1CC1. The number of aldehydes is 1. The highest BCUT2D eigenvalue weighted by atomic mass is 35.5. The number of aliphatic hydroxyl groups excluding tert-OH is 2. The third kappa shape index (κ3) is 8.34. The monoisotopic (exact) mass is 603 g/mol. The van der Waals surface area contributed by atoms with Crippen LogP contribution in [0.1, 0.15) is 71.1 Å². The maximum atomic E-state index is 12.8. The molecule has 2 aliphatic carbocycles. The molecule has 7 nitrogen and oxygen atoms in total. The topological polar surface area (TPSA) is 102 Å². The molecule has 42 heavy (non-hydrogen) atoms. The minimum atomic E-state index is -4.88. The molecule has 3 aromatic carbocycles.